The highest BCUT2D eigenvalue weighted by Gasteiger charge is 2.35. The number of nitrogens with zero attached hydrogens (tertiary/aromatic N) is 1. The third kappa shape index (κ3) is 0.728. The minimum absolute atomic E-state index is 0.339. The van der Waals surface area contributed by atoms with Gasteiger partial charge in [0.1, 0.15) is 12.0 Å². The fourth-order valence-corrected chi connectivity index (χ4v) is 2.21. The van der Waals surface area contributed by atoms with Gasteiger partial charge in [-0.1, -0.05) is 0 Å². The Labute approximate surface area is 71.1 Å². The molecule has 0 amide bonds. The summed E-state index contributed by atoms with van der Waals surface area (Å²) in [6, 6.07) is 0. The van der Waals surface area contributed by atoms with E-state index >= 15 is 0 Å². The first-order valence-electron chi connectivity index (χ1n) is 4.45. The largest absolute Gasteiger partial charge is 0.369 e. The third-order valence-corrected chi connectivity index (χ3v) is 2.82. The lowest BCUT2D eigenvalue weighted by molar-refractivity contribution is 0.399. The molecule has 3 aliphatic heterocycles. The van der Waals surface area contributed by atoms with Gasteiger partial charge in [0.2, 0.25) is 0 Å². The topological polar surface area (TPSA) is 48.5 Å². The van der Waals surface area contributed by atoms with Gasteiger partial charge in [-0.15, -0.1) is 0 Å². The van der Waals surface area contributed by atoms with Crippen LogP contribution < -0.4 is 16.0 Å². The zero-order chi connectivity index (χ0) is 7.97. The fraction of sp³-hybridized carbons (Fsp3) is 0.625. The molecule has 0 aromatic heterocycles. The molecular weight excluding hydrogens is 152 g/mol. The lowest BCUT2D eigenvalue weighted by Crippen LogP contribution is -2.50. The van der Waals surface area contributed by atoms with Crippen LogP contribution >= 0.6 is 0 Å². The van der Waals surface area contributed by atoms with Crippen molar-refractivity contribution in [3.05, 3.63) is 11.4 Å². The molecular formula is C8H12N4. The van der Waals surface area contributed by atoms with Crippen molar-refractivity contribution in [1.82, 2.24) is 16.0 Å². The van der Waals surface area contributed by atoms with Crippen molar-refractivity contribution in [2.75, 3.05) is 13.1 Å². The Morgan fingerprint density at radius 2 is 2.50 bits per heavy atom. The molecule has 2 unspecified atom stereocenters. The Bertz CT molecular complexity index is 268. The predicted octanol–water partition coefficient (Wildman–Crippen LogP) is -0.632. The molecule has 1 saturated heterocycles. The minimum Gasteiger partial charge on any atom is -0.369 e. The van der Waals surface area contributed by atoms with Gasteiger partial charge in [-0.05, 0) is 13.0 Å². The summed E-state index contributed by atoms with van der Waals surface area (Å²) in [4.78, 5) is 4.27. The lowest BCUT2D eigenvalue weighted by Gasteiger charge is -2.31. The van der Waals surface area contributed by atoms with Gasteiger partial charge >= 0.3 is 0 Å². The second-order valence-electron chi connectivity index (χ2n) is 3.48. The van der Waals surface area contributed by atoms with Gasteiger partial charge in [0.25, 0.3) is 0 Å². The van der Waals surface area contributed by atoms with Gasteiger partial charge in [0.05, 0.1) is 6.34 Å². The second-order valence-corrected chi connectivity index (χ2v) is 3.48. The third-order valence-electron chi connectivity index (χ3n) is 2.82. The van der Waals surface area contributed by atoms with Crippen molar-refractivity contribution < 1.29 is 0 Å². The highest BCUT2D eigenvalue weighted by molar-refractivity contribution is 5.61. The average molecular weight is 164 g/mol. The smallest absolute Gasteiger partial charge is 0.130 e. The minimum atomic E-state index is 0.339. The molecule has 3 N–H and O–H groups in total. The second kappa shape index (κ2) is 2.23. The van der Waals surface area contributed by atoms with Crippen molar-refractivity contribution in [2.45, 2.75) is 12.6 Å². The van der Waals surface area contributed by atoms with E-state index in [1.807, 2.05) is 0 Å². The Kier molecular flexibility index (Phi) is 1.20. The standard InChI is InChI=1S/C8H12N4/c1-2-9-7-6-5(1)3-10-8(6)12-4-11-7/h4-5,7,9-10H,1-3H2,(H,11,12). The number of hydrogen-bond donors (Lipinski definition) is 3. The maximum Gasteiger partial charge on any atom is 0.130 e. The van der Waals surface area contributed by atoms with Crippen LogP contribution in [0.4, 0.5) is 0 Å². The van der Waals surface area contributed by atoms with E-state index < -0.39 is 0 Å². The van der Waals surface area contributed by atoms with Gasteiger partial charge in [-0.3, -0.25) is 5.32 Å². The summed E-state index contributed by atoms with van der Waals surface area (Å²) >= 11 is 0. The molecule has 0 radical (unpaired) electrons. The summed E-state index contributed by atoms with van der Waals surface area (Å²) in [5, 5.41) is 9.97. The highest BCUT2D eigenvalue weighted by atomic mass is 15.2. The molecule has 0 aromatic rings. The molecule has 0 spiro atoms. The van der Waals surface area contributed by atoms with Crippen molar-refractivity contribution in [2.24, 2.45) is 10.9 Å². The van der Waals surface area contributed by atoms with E-state index in [-0.39, 0.29) is 0 Å². The summed E-state index contributed by atoms with van der Waals surface area (Å²) < 4.78 is 0. The quantitative estimate of drug-likeness (QED) is 0.446. The van der Waals surface area contributed by atoms with Gasteiger partial charge in [0.15, 0.2) is 0 Å². The monoisotopic (exact) mass is 164 g/mol. The summed E-state index contributed by atoms with van der Waals surface area (Å²) in [6.07, 6.45) is 3.35. The molecule has 4 heteroatoms. The van der Waals surface area contributed by atoms with E-state index in [1.54, 1.807) is 6.34 Å². The Hall–Kier alpha value is -1.03. The molecule has 4 nitrogen and oxygen atoms in total. The SMILES string of the molecule is C1=NC2=C3C(CCNC3N1)CN2. The van der Waals surface area contributed by atoms with E-state index in [2.05, 4.69) is 20.9 Å². The molecule has 3 rings (SSSR count). The van der Waals surface area contributed by atoms with E-state index in [0.717, 1.165) is 18.9 Å². The van der Waals surface area contributed by atoms with Crippen LogP contribution in [0.3, 0.4) is 0 Å². The Balaban J connectivity index is 2.03. The van der Waals surface area contributed by atoms with Gasteiger partial charge in [-0.25, -0.2) is 4.99 Å². The van der Waals surface area contributed by atoms with Crippen molar-refractivity contribution >= 4 is 6.34 Å². The van der Waals surface area contributed by atoms with Crippen LogP contribution in [0.5, 0.6) is 0 Å². The summed E-state index contributed by atoms with van der Waals surface area (Å²) in [5.41, 5.74) is 1.43. The van der Waals surface area contributed by atoms with Crippen LogP contribution in [0, 0.1) is 5.92 Å². The lowest BCUT2D eigenvalue weighted by atomic mass is 9.92. The number of rotatable bonds is 0. The zero-order valence-corrected chi connectivity index (χ0v) is 6.80. The first-order valence-corrected chi connectivity index (χ1v) is 4.45. The first kappa shape index (κ1) is 6.48. The molecule has 1 fully saturated rings. The molecule has 64 valence electrons. The molecule has 0 aromatic carbocycles. The summed E-state index contributed by atoms with van der Waals surface area (Å²) in [7, 11) is 0. The van der Waals surface area contributed by atoms with Crippen LogP contribution in [0.2, 0.25) is 0 Å². The van der Waals surface area contributed by atoms with E-state index in [9.17, 15) is 0 Å². The van der Waals surface area contributed by atoms with Crippen molar-refractivity contribution in [3.8, 4) is 0 Å². The van der Waals surface area contributed by atoms with E-state index in [0.29, 0.717) is 12.1 Å². The predicted molar refractivity (Wildman–Crippen MR) is 46.6 cm³/mol. The van der Waals surface area contributed by atoms with Crippen LogP contribution in [-0.4, -0.2) is 25.6 Å². The fourth-order valence-electron chi connectivity index (χ4n) is 2.21. The van der Waals surface area contributed by atoms with E-state index in [4.69, 9.17) is 0 Å². The molecule has 0 bridgehead atoms. The van der Waals surface area contributed by atoms with Gasteiger partial charge in [0, 0.05) is 18.0 Å². The molecule has 3 aliphatic rings. The molecule has 0 saturated carbocycles. The molecule has 12 heavy (non-hydrogen) atoms. The number of aliphatic imine (C=N–C) groups is 1. The zero-order valence-electron chi connectivity index (χ0n) is 6.80. The number of piperidine rings is 1. The van der Waals surface area contributed by atoms with Crippen molar-refractivity contribution in [1.29, 1.82) is 0 Å². The highest BCUT2D eigenvalue weighted by Crippen LogP contribution is 2.30. The van der Waals surface area contributed by atoms with Gasteiger partial charge < -0.3 is 10.6 Å². The van der Waals surface area contributed by atoms with Crippen LogP contribution in [-0.2, 0) is 0 Å². The van der Waals surface area contributed by atoms with Crippen LogP contribution in [0.25, 0.3) is 0 Å². The maximum absolute atomic E-state index is 4.27. The van der Waals surface area contributed by atoms with E-state index in [1.165, 1.54) is 12.0 Å². The Morgan fingerprint density at radius 1 is 1.50 bits per heavy atom. The Morgan fingerprint density at radius 3 is 3.50 bits per heavy atom. The summed E-state index contributed by atoms with van der Waals surface area (Å²) in [6.45, 7) is 2.18. The summed E-state index contributed by atoms with van der Waals surface area (Å²) in [5.74, 6) is 1.80. The number of hydrogen-bond acceptors (Lipinski definition) is 4. The van der Waals surface area contributed by atoms with Crippen LogP contribution in [0.15, 0.2) is 16.4 Å². The first-order chi connectivity index (χ1) is 5.95. The average Bonchev–Trinajstić information content (AvgIpc) is 2.52. The van der Waals surface area contributed by atoms with Crippen molar-refractivity contribution in [3.63, 3.8) is 0 Å². The van der Waals surface area contributed by atoms with Crippen LogP contribution in [0.1, 0.15) is 6.42 Å². The van der Waals surface area contributed by atoms with Gasteiger partial charge in [-0.2, -0.15) is 0 Å². The molecule has 3 heterocycles. The number of nitrogens with one attached hydrogen (secondary N) is 3. The normalized spacial score (nSPS) is 37.3. The molecule has 2 atom stereocenters. The maximum atomic E-state index is 4.27. The molecule has 0 aliphatic carbocycles.